The van der Waals surface area contributed by atoms with Gasteiger partial charge in [-0.25, -0.2) is 0 Å². The van der Waals surface area contributed by atoms with Crippen LogP contribution in [0.1, 0.15) is 13.3 Å². The van der Waals surface area contributed by atoms with Crippen molar-refractivity contribution in [2.75, 3.05) is 11.3 Å². The fourth-order valence-electron chi connectivity index (χ4n) is 1.01. The zero-order chi connectivity index (χ0) is 12.2. The second-order valence-electron chi connectivity index (χ2n) is 3.16. The maximum atomic E-state index is 11.4. The molecule has 0 saturated carbocycles. The average molecular weight is 265 g/mol. The SMILES string of the molecule is CCCNS(=O)(=O)Nc1ccc(Cl)cc1O. The van der Waals surface area contributed by atoms with Gasteiger partial charge in [0.2, 0.25) is 0 Å². The van der Waals surface area contributed by atoms with E-state index in [1.165, 1.54) is 18.2 Å². The van der Waals surface area contributed by atoms with Crippen LogP contribution in [-0.4, -0.2) is 20.1 Å². The zero-order valence-electron chi connectivity index (χ0n) is 8.70. The molecule has 16 heavy (non-hydrogen) atoms. The third-order valence-electron chi connectivity index (χ3n) is 1.75. The first-order chi connectivity index (χ1) is 7.44. The molecule has 0 heterocycles. The number of halogens is 1. The number of benzene rings is 1. The molecule has 90 valence electrons. The summed E-state index contributed by atoms with van der Waals surface area (Å²) in [6, 6.07) is 4.14. The zero-order valence-corrected chi connectivity index (χ0v) is 10.3. The Bertz CT molecular complexity index is 462. The van der Waals surface area contributed by atoms with Crippen LogP contribution in [0.4, 0.5) is 5.69 Å². The first-order valence-corrected chi connectivity index (χ1v) is 6.56. The molecule has 7 heteroatoms. The molecule has 1 aromatic carbocycles. The predicted octanol–water partition coefficient (Wildman–Crippen LogP) is 1.70. The van der Waals surface area contributed by atoms with Gasteiger partial charge in [-0.2, -0.15) is 13.1 Å². The van der Waals surface area contributed by atoms with Gasteiger partial charge in [-0.1, -0.05) is 18.5 Å². The second kappa shape index (κ2) is 5.38. The third kappa shape index (κ3) is 3.88. The van der Waals surface area contributed by atoms with Crippen LogP contribution in [0.2, 0.25) is 5.02 Å². The molecule has 0 radical (unpaired) electrons. The summed E-state index contributed by atoms with van der Waals surface area (Å²) in [7, 11) is -3.64. The summed E-state index contributed by atoms with van der Waals surface area (Å²) in [6.45, 7) is 2.19. The van der Waals surface area contributed by atoms with Gasteiger partial charge >= 0.3 is 0 Å². The molecule has 1 rings (SSSR count). The fourth-order valence-corrected chi connectivity index (χ4v) is 2.18. The first kappa shape index (κ1) is 13.1. The van der Waals surface area contributed by atoms with Gasteiger partial charge in [-0.3, -0.25) is 4.72 Å². The number of hydrogen-bond donors (Lipinski definition) is 3. The number of anilines is 1. The van der Waals surface area contributed by atoms with Crippen molar-refractivity contribution in [3.8, 4) is 5.75 Å². The lowest BCUT2D eigenvalue weighted by Gasteiger charge is -2.09. The maximum Gasteiger partial charge on any atom is 0.299 e. The van der Waals surface area contributed by atoms with Crippen molar-refractivity contribution in [2.24, 2.45) is 0 Å². The van der Waals surface area contributed by atoms with Crippen molar-refractivity contribution < 1.29 is 13.5 Å². The van der Waals surface area contributed by atoms with Gasteiger partial charge < -0.3 is 5.11 Å². The second-order valence-corrected chi connectivity index (χ2v) is 5.10. The van der Waals surface area contributed by atoms with Gasteiger partial charge in [0.25, 0.3) is 10.2 Å². The van der Waals surface area contributed by atoms with Crippen LogP contribution < -0.4 is 9.44 Å². The highest BCUT2D eigenvalue weighted by molar-refractivity contribution is 7.90. The van der Waals surface area contributed by atoms with E-state index in [2.05, 4.69) is 9.44 Å². The fraction of sp³-hybridized carbons (Fsp3) is 0.333. The average Bonchev–Trinajstić information content (AvgIpc) is 2.19. The highest BCUT2D eigenvalue weighted by Gasteiger charge is 2.11. The molecule has 0 aromatic heterocycles. The maximum absolute atomic E-state index is 11.4. The Morgan fingerprint density at radius 2 is 2.12 bits per heavy atom. The molecule has 0 unspecified atom stereocenters. The summed E-state index contributed by atoms with van der Waals surface area (Å²) in [6.07, 6.45) is 0.688. The standard InChI is InChI=1S/C9H13ClN2O3S/c1-2-5-11-16(14,15)12-8-4-3-7(10)6-9(8)13/h3-4,6,11-13H,2,5H2,1H3. The molecule has 0 aliphatic heterocycles. The lowest BCUT2D eigenvalue weighted by molar-refractivity contribution is 0.477. The normalized spacial score (nSPS) is 11.4. The molecule has 1 aromatic rings. The van der Waals surface area contributed by atoms with Crippen LogP contribution >= 0.6 is 11.6 Å². The van der Waals surface area contributed by atoms with Crippen molar-refractivity contribution in [2.45, 2.75) is 13.3 Å². The lowest BCUT2D eigenvalue weighted by Crippen LogP contribution is -2.30. The molecular formula is C9H13ClN2O3S. The summed E-state index contributed by atoms with van der Waals surface area (Å²) in [5.74, 6) is -0.214. The van der Waals surface area contributed by atoms with Crippen LogP contribution in [0, 0.1) is 0 Å². The minimum Gasteiger partial charge on any atom is -0.506 e. The van der Waals surface area contributed by atoms with Crippen LogP contribution in [-0.2, 0) is 10.2 Å². The first-order valence-electron chi connectivity index (χ1n) is 4.70. The Kier molecular flexibility index (Phi) is 4.40. The summed E-state index contributed by atoms with van der Waals surface area (Å²) in [4.78, 5) is 0. The highest BCUT2D eigenvalue weighted by atomic mass is 35.5. The number of phenols is 1. The smallest absolute Gasteiger partial charge is 0.299 e. The van der Waals surface area contributed by atoms with Crippen molar-refractivity contribution in [1.29, 1.82) is 0 Å². The quantitative estimate of drug-likeness (QED) is 0.709. The van der Waals surface area contributed by atoms with Crippen molar-refractivity contribution >= 4 is 27.5 Å². The number of rotatable bonds is 5. The Morgan fingerprint density at radius 1 is 1.44 bits per heavy atom. The van der Waals surface area contributed by atoms with E-state index in [4.69, 9.17) is 11.6 Å². The van der Waals surface area contributed by atoms with Crippen LogP contribution in [0.3, 0.4) is 0 Å². The van der Waals surface area contributed by atoms with E-state index in [0.29, 0.717) is 18.0 Å². The lowest BCUT2D eigenvalue weighted by atomic mass is 10.3. The number of hydrogen-bond acceptors (Lipinski definition) is 3. The van der Waals surface area contributed by atoms with Gasteiger partial charge in [0.15, 0.2) is 0 Å². The Morgan fingerprint density at radius 3 is 2.69 bits per heavy atom. The van der Waals surface area contributed by atoms with E-state index >= 15 is 0 Å². The van der Waals surface area contributed by atoms with Gasteiger partial charge in [-0.15, -0.1) is 0 Å². The molecule has 0 saturated heterocycles. The van der Waals surface area contributed by atoms with E-state index in [1.54, 1.807) is 0 Å². The molecule has 5 nitrogen and oxygen atoms in total. The summed E-state index contributed by atoms with van der Waals surface area (Å²) in [5.41, 5.74) is 0.0907. The predicted molar refractivity (Wildman–Crippen MR) is 64.0 cm³/mol. The summed E-state index contributed by atoms with van der Waals surface area (Å²) < 4.78 is 27.4. The van der Waals surface area contributed by atoms with Gasteiger partial charge in [0.05, 0.1) is 5.69 Å². The van der Waals surface area contributed by atoms with Crippen molar-refractivity contribution in [3.63, 3.8) is 0 Å². The molecule has 0 amide bonds. The van der Waals surface area contributed by atoms with Gasteiger partial charge in [0, 0.05) is 17.6 Å². The molecule has 0 spiro atoms. The summed E-state index contributed by atoms with van der Waals surface area (Å²) in [5, 5.41) is 9.78. The van der Waals surface area contributed by atoms with E-state index in [0.717, 1.165) is 0 Å². The van der Waals surface area contributed by atoms with Crippen molar-refractivity contribution in [1.82, 2.24) is 4.72 Å². The summed E-state index contributed by atoms with van der Waals surface area (Å²) >= 11 is 5.62. The molecule has 0 aliphatic rings. The molecule has 3 N–H and O–H groups in total. The third-order valence-corrected chi connectivity index (χ3v) is 3.05. The van der Waals surface area contributed by atoms with Crippen LogP contribution in [0.5, 0.6) is 5.75 Å². The largest absolute Gasteiger partial charge is 0.506 e. The topological polar surface area (TPSA) is 78.4 Å². The van der Waals surface area contributed by atoms with Crippen LogP contribution in [0.15, 0.2) is 18.2 Å². The van der Waals surface area contributed by atoms with Crippen LogP contribution in [0.25, 0.3) is 0 Å². The minimum absolute atomic E-state index is 0.0907. The molecule has 0 fully saturated rings. The minimum atomic E-state index is -3.64. The van der Waals surface area contributed by atoms with E-state index in [1.807, 2.05) is 6.92 Å². The van der Waals surface area contributed by atoms with Gasteiger partial charge in [0.1, 0.15) is 5.75 Å². The molecule has 0 atom stereocenters. The number of aromatic hydroxyl groups is 1. The molecule has 0 bridgehead atoms. The Balaban J connectivity index is 2.80. The molecular weight excluding hydrogens is 252 g/mol. The molecule has 0 aliphatic carbocycles. The van der Waals surface area contributed by atoms with Crippen molar-refractivity contribution in [3.05, 3.63) is 23.2 Å². The monoisotopic (exact) mass is 264 g/mol. The van der Waals surface area contributed by atoms with E-state index < -0.39 is 10.2 Å². The van der Waals surface area contributed by atoms with E-state index in [9.17, 15) is 13.5 Å². The van der Waals surface area contributed by atoms with Gasteiger partial charge in [-0.05, 0) is 18.6 Å². The Hall–Kier alpha value is -0.980. The highest BCUT2D eigenvalue weighted by Crippen LogP contribution is 2.26. The number of phenolic OH excluding ortho intramolecular Hbond substituents is 1. The number of nitrogens with one attached hydrogen (secondary N) is 2. The van der Waals surface area contributed by atoms with E-state index in [-0.39, 0.29) is 11.4 Å². The Labute approximate surface area is 99.6 Å².